The third-order valence-corrected chi connectivity index (χ3v) is 5.05. The van der Waals surface area contributed by atoms with E-state index < -0.39 is 0 Å². The minimum Gasteiger partial charge on any atom is -0.396 e. The molecule has 1 heterocycles. The standard InChI is InChI=1S/C18H26N4O2/c1-2-22-17-9-8-14(12-16(17)20-21-22)18(24)19-15(10-11-23)13-6-4-3-5-7-13/h8-9,12-13,15,23H,2-7,10-11H2,1H3,(H,19,24). The Morgan fingerprint density at radius 1 is 1.38 bits per heavy atom. The minimum absolute atomic E-state index is 0.0461. The lowest BCUT2D eigenvalue weighted by atomic mass is 9.82. The first kappa shape index (κ1) is 16.9. The molecule has 1 aliphatic rings. The number of fused-ring (bicyclic) bond motifs is 1. The molecule has 1 aliphatic carbocycles. The third kappa shape index (κ3) is 3.59. The number of nitrogens with one attached hydrogen (secondary N) is 1. The van der Waals surface area contributed by atoms with Gasteiger partial charge >= 0.3 is 0 Å². The average molecular weight is 330 g/mol. The van der Waals surface area contributed by atoms with Gasteiger partial charge in [0.05, 0.1) is 5.52 Å². The maximum Gasteiger partial charge on any atom is 0.251 e. The van der Waals surface area contributed by atoms with Gasteiger partial charge < -0.3 is 10.4 Å². The molecule has 6 nitrogen and oxygen atoms in total. The molecule has 0 bridgehead atoms. The van der Waals surface area contributed by atoms with Crippen LogP contribution in [0, 0.1) is 5.92 Å². The molecule has 2 aromatic rings. The molecule has 1 amide bonds. The summed E-state index contributed by atoms with van der Waals surface area (Å²) in [5, 5.41) is 20.7. The van der Waals surface area contributed by atoms with Gasteiger partial charge in [-0.15, -0.1) is 5.10 Å². The molecule has 1 aromatic heterocycles. The van der Waals surface area contributed by atoms with Crippen LogP contribution in [0.5, 0.6) is 0 Å². The van der Waals surface area contributed by atoms with E-state index in [-0.39, 0.29) is 18.6 Å². The predicted molar refractivity (Wildman–Crippen MR) is 92.7 cm³/mol. The van der Waals surface area contributed by atoms with Crippen molar-refractivity contribution < 1.29 is 9.90 Å². The van der Waals surface area contributed by atoms with Crippen LogP contribution in [-0.2, 0) is 6.54 Å². The van der Waals surface area contributed by atoms with Crippen molar-refractivity contribution in [3.05, 3.63) is 23.8 Å². The second kappa shape index (κ2) is 7.75. The fourth-order valence-electron chi connectivity index (χ4n) is 3.70. The van der Waals surface area contributed by atoms with Gasteiger partial charge in [-0.1, -0.05) is 24.5 Å². The van der Waals surface area contributed by atoms with E-state index in [2.05, 4.69) is 15.6 Å². The number of benzene rings is 1. The fourth-order valence-corrected chi connectivity index (χ4v) is 3.70. The Balaban J connectivity index is 1.74. The first-order valence-corrected chi connectivity index (χ1v) is 8.98. The van der Waals surface area contributed by atoms with Crippen molar-refractivity contribution in [3.63, 3.8) is 0 Å². The first-order chi connectivity index (χ1) is 11.7. The monoisotopic (exact) mass is 330 g/mol. The largest absolute Gasteiger partial charge is 0.396 e. The number of aliphatic hydroxyl groups is 1. The lowest BCUT2D eigenvalue weighted by molar-refractivity contribution is 0.0900. The van der Waals surface area contributed by atoms with Gasteiger partial charge in [0.15, 0.2) is 0 Å². The summed E-state index contributed by atoms with van der Waals surface area (Å²) in [5.41, 5.74) is 2.28. The number of hydrogen-bond donors (Lipinski definition) is 2. The SMILES string of the molecule is CCn1nnc2cc(C(=O)NC(CCO)C3CCCCC3)ccc21. The van der Waals surface area contributed by atoms with Crippen LogP contribution in [0.4, 0.5) is 0 Å². The summed E-state index contributed by atoms with van der Waals surface area (Å²) in [5.74, 6) is 0.381. The van der Waals surface area contributed by atoms with E-state index in [1.54, 1.807) is 6.07 Å². The van der Waals surface area contributed by atoms with E-state index in [9.17, 15) is 9.90 Å². The number of carbonyl (C=O) groups is 1. The Bertz CT molecular complexity index is 691. The highest BCUT2D eigenvalue weighted by Crippen LogP contribution is 2.28. The summed E-state index contributed by atoms with van der Waals surface area (Å²) < 4.78 is 1.81. The van der Waals surface area contributed by atoms with Crippen LogP contribution < -0.4 is 5.32 Å². The molecule has 0 saturated heterocycles. The van der Waals surface area contributed by atoms with Crippen LogP contribution in [0.1, 0.15) is 55.8 Å². The van der Waals surface area contributed by atoms with Crippen LogP contribution in [0.15, 0.2) is 18.2 Å². The Morgan fingerprint density at radius 2 is 2.17 bits per heavy atom. The topological polar surface area (TPSA) is 80.0 Å². The van der Waals surface area contributed by atoms with Crippen LogP contribution in [0.3, 0.4) is 0 Å². The highest BCUT2D eigenvalue weighted by atomic mass is 16.3. The fraction of sp³-hybridized carbons (Fsp3) is 0.611. The summed E-state index contributed by atoms with van der Waals surface area (Å²) in [6.07, 6.45) is 6.59. The molecule has 3 rings (SSSR count). The van der Waals surface area contributed by atoms with E-state index >= 15 is 0 Å². The Kier molecular flexibility index (Phi) is 5.45. The van der Waals surface area contributed by atoms with E-state index in [1.807, 2.05) is 23.7 Å². The summed E-state index contributed by atoms with van der Waals surface area (Å²) in [6.45, 7) is 2.87. The first-order valence-electron chi connectivity index (χ1n) is 8.98. The minimum atomic E-state index is -0.0908. The normalized spacial score (nSPS) is 17.1. The van der Waals surface area contributed by atoms with Crippen LogP contribution in [0.25, 0.3) is 11.0 Å². The van der Waals surface area contributed by atoms with E-state index in [0.29, 0.717) is 17.9 Å². The van der Waals surface area contributed by atoms with Gasteiger partial charge in [0, 0.05) is 24.8 Å². The summed E-state index contributed by atoms with van der Waals surface area (Å²) in [4.78, 5) is 12.6. The van der Waals surface area contributed by atoms with Crippen molar-refractivity contribution in [3.8, 4) is 0 Å². The second-order valence-electron chi connectivity index (χ2n) is 6.60. The summed E-state index contributed by atoms with van der Waals surface area (Å²) in [7, 11) is 0. The summed E-state index contributed by atoms with van der Waals surface area (Å²) >= 11 is 0. The average Bonchev–Trinajstić information content (AvgIpc) is 3.04. The van der Waals surface area contributed by atoms with Crippen molar-refractivity contribution in [1.82, 2.24) is 20.3 Å². The number of aliphatic hydroxyl groups excluding tert-OH is 1. The van der Waals surface area contributed by atoms with Crippen LogP contribution >= 0.6 is 0 Å². The molecule has 24 heavy (non-hydrogen) atoms. The molecule has 130 valence electrons. The van der Waals surface area contributed by atoms with Gasteiger partial charge in [-0.3, -0.25) is 4.79 Å². The molecule has 1 saturated carbocycles. The maximum atomic E-state index is 12.6. The van der Waals surface area contributed by atoms with Crippen LogP contribution in [0.2, 0.25) is 0 Å². The molecule has 1 unspecified atom stereocenters. The number of aromatic nitrogens is 3. The van der Waals surface area contributed by atoms with Crippen LogP contribution in [-0.4, -0.2) is 38.7 Å². The number of amides is 1. The van der Waals surface area contributed by atoms with Crippen molar-refractivity contribution in [2.45, 2.75) is 58.0 Å². The quantitative estimate of drug-likeness (QED) is 0.853. The molecule has 6 heteroatoms. The van der Waals surface area contributed by atoms with Gasteiger partial charge in [0.25, 0.3) is 5.91 Å². The van der Waals surface area contributed by atoms with Crippen molar-refractivity contribution in [2.24, 2.45) is 5.92 Å². The molecule has 2 N–H and O–H groups in total. The summed E-state index contributed by atoms with van der Waals surface area (Å²) in [6, 6.07) is 5.56. The van der Waals surface area contributed by atoms with Gasteiger partial charge in [-0.2, -0.15) is 0 Å². The lowest BCUT2D eigenvalue weighted by Gasteiger charge is -2.30. The Hall–Kier alpha value is -1.95. The zero-order valence-corrected chi connectivity index (χ0v) is 14.2. The van der Waals surface area contributed by atoms with E-state index in [1.165, 1.54) is 19.3 Å². The smallest absolute Gasteiger partial charge is 0.251 e. The van der Waals surface area contributed by atoms with Gasteiger partial charge in [0.1, 0.15) is 5.52 Å². The number of hydrogen-bond acceptors (Lipinski definition) is 4. The number of rotatable bonds is 6. The van der Waals surface area contributed by atoms with Crippen molar-refractivity contribution >= 4 is 16.9 Å². The van der Waals surface area contributed by atoms with Gasteiger partial charge in [-0.05, 0) is 50.3 Å². The highest BCUT2D eigenvalue weighted by Gasteiger charge is 2.25. The third-order valence-electron chi connectivity index (χ3n) is 5.05. The van der Waals surface area contributed by atoms with Gasteiger partial charge in [-0.25, -0.2) is 4.68 Å². The maximum absolute atomic E-state index is 12.6. The molecule has 1 fully saturated rings. The van der Waals surface area contributed by atoms with E-state index in [0.717, 1.165) is 30.4 Å². The second-order valence-corrected chi connectivity index (χ2v) is 6.60. The predicted octanol–water partition coefficient (Wildman–Crippen LogP) is 2.51. The molecular formula is C18H26N4O2. The number of aryl methyl sites for hydroxylation is 1. The highest BCUT2D eigenvalue weighted by molar-refractivity contribution is 5.97. The number of nitrogens with zero attached hydrogens (tertiary/aromatic N) is 3. The van der Waals surface area contributed by atoms with E-state index in [4.69, 9.17) is 0 Å². The molecule has 0 radical (unpaired) electrons. The zero-order valence-electron chi connectivity index (χ0n) is 14.2. The Labute approximate surface area is 142 Å². The van der Waals surface area contributed by atoms with Crippen molar-refractivity contribution in [1.29, 1.82) is 0 Å². The van der Waals surface area contributed by atoms with Crippen molar-refractivity contribution in [2.75, 3.05) is 6.61 Å². The molecule has 0 spiro atoms. The number of carbonyl (C=O) groups excluding carboxylic acids is 1. The molecule has 1 aromatic carbocycles. The molecular weight excluding hydrogens is 304 g/mol. The zero-order chi connectivity index (χ0) is 16.9. The Morgan fingerprint density at radius 3 is 2.88 bits per heavy atom. The molecule has 1 atom stereocenters. The van der Waals surface area contributed by atoms with Gasteiger partial charge in [0.2, 0.25) is 0 Å². The lowest BCUT2D eigenvalue weighted by Crippen LogP contribution is -2.41. The molecule has 0 aliphatic heterocycles.